The van der Waals surface area contributed by atoms with E-state index < -0.39 is 11.7 Å². The normalized spacial score (nSPS) is 10.4. The molecule has 3 nitrogen and oxygen atoms in total. The number of hydrogen-bond donors (Lipinski definition) is 1. The molecule has 4 heteroatoms. The van der Waals surface area contributed by atoms with E-state index in [4.69, 9.17) is 5.73 Å². The Morgan fingerprint density at radius 1 is 1.22 bits per heavy atom. The maximum absolute atomic E-state index is 13.8. The first-order valence-electron chi connectivity index (χ1n) is 5.53. The minimum Gasteiger partial charge on any atom is -0.366 e. The van der Waals surface area contributed by atoms with Crippen LogP contribution in [0.4, 0.5) is 4.39 Å². The average molecular weight is 244 g/mol. The van der Waals surface area contributed by atoms with Crippen LogP contribution >= 0.6 is 0 Å². The molecule has 2 N–H and O–H groups in total. The summed E-state index contributed by atoms with van der Waals surface area (Å²) in [6.07, 6.45) is 0. The second-order valence-corrected chi connectivity index (χ2v) is 4.20. The Kier molecular flexibility index (Phi) is 3.10. The third-order valence-corrected chi connectivity index (χ3v) is 2.68. The van der Waals surface area contributed by atoms with Gasteiger partial charge in [0.2, 0.25) is 0 Å². The minimum atomic E-state index is -0.613. The summed E-state index contributed by atoms with van der Waals surface area (Å²) in [4.78, 5) is 15.6. The van der Waals surface area contributed by atoms with E-state index in [2.05, 4.69) is 4.98 Å². The molecule has 0 bridgehead atoms. The van der Waals surface area contributed by atoms with Crippen LogP contribution in [0, 0.1) is 19.7 Å². The predicted octanol–water partition coefficient (Wildman–Crippen LogP) is 2.60. The van der Waals surface area contributed by atoms with Crippen molar-refractivity contribution in [1.29, 1.82) is 0 Å². The number of benzene rings is 1. The molecule has 0 aliphatic rings. The molecule has 0 atom stereocenters. The number of nitrogens with zero attached hydrogens (tertiary/aromatic N) is 1. The predicted molar refractivity (Wildman–Crippen MR) is 67.6 cm³/mol. The van der Waals surface area contributed by atoms with Gasteiger partial charge < -0.3 is 5.73 Å². The van der Waals surface area contributed by atoms with E-state index in [1.807, 2.05) is 6.92 Å². The fourth-order valence-electron chi connectivity index (χ4n) is 1.78. The van der Waals surface area contributed by atoms with Gasteiger partial charge in [-0.3, -0.25) is 9.78 Å². The van der Waals surface area contributed by atoms with E-state index in [1.54, 1.807) is 31.2 Å². The van der Waals surface area contributed by atoms with E-state index in [1.165, 1.54) is 6.07 Å². The van der Waals surface area contributed by atoms with Crippen molar-refractivity contribution in [3.8, 4) is 11.3 Å². The van der Waals surface area contributed by atoms with Gasteiger partial charge in [-0.05, 0) is 38.1 Å². The first-order chi connectivity index (χ1) is 8.49. The van der Waals surface area contributed by atoms with Crippen molar-refractivity contribution in [2.75, 3.05) is 0 Å². The maximum Gasteiger partial charge on any atom is 0.250 e. The second-order valence-electron chi connectivity index (χ2n) is 4.20. The van der Waals surface area contributed by atoms with Crippen LogP contribution < -0.4 is 5.73 Å². The highest BCUT2D eigenvalue weighted by molar-refractivity contribution is 5.98. The molecule has 2 aromatic rings. The number of carbonyl (C=O) groups is 1. The molecular weight excluding hydrogens is 231 g/mol. The molecule has 1 aromatic heterocycles. The van der Waals surface area contributed by atoms with Gasteiger partial charge in [-0.25, -0.2) is 4.39 Å². The Hall–Kier alpha value is -2.23. The lowest BCUT2D eigenvalue weighted by Gasteiger charge is -2.09. The van der Waals surface area contributed by atoms with Crippen LogP contribution in [0.5, 0.6) is 0 Å². The molecule has 1 amide bonds. The molecular formula is C14H13FN2O. The molecule has 18 heavy (non-hydrogen) atoms. The summed E-state index contributed by atoms with van der Waals surface area (Å²) in [5, 5.41) is 0. The topological polar surface area (TPSA) is 56.0 Å². The molecule has 0 unspecified atom stereocenters. The Morgan fingerprint density at radius 2 is 1.94 bits per heavy atom. The summed E-state index contributed by atoms with van der Waals surface area (Å²) in [5.74, 6) is -1.03. The minimum absolute atomic E-state index is 0.227. The fraction of sp³-hybridized carbons (Fsp3) is 0.143. The summed E-state index contributed by atoms with van der Waals surface area (Å²) >= 11 is 0. The zero-order valence-corrected chi connectivity index (χ0v) is 10.2. The van der Waals surface area contributed by atoms with Crippen LogP contribution in [-0.4, -0.2) is 10.9 Å². The number of nitrogens with two attached hydrogens (primary N) is 1. The van der Waals surface area contributed by atoms with Gasteiger partial charge in [-0.15, -0.1) is 0 Å². The van der Waals surface area contributed by atoms with Gasteiger partial charge in [0.05, 0.1) is 11.3 Å². The number of carbonyl (C=O) groups excluding carboxylic acids is 1. The Labute approximate surface area is 104 Å². The average Bonchev–Trinajstić information content (AvgIpc) is 2.31. The van der Waals surface area contributed by atoms with Crippen LogP contribution in [-0.2, 0) is 0 Å². The molecule has 0 fully saturated rings. The Morgan fingerprint density at radius 3 is 2.61 bits per heavy atom. The Bertz CT molecular complexity index is 623. The maximum atomic E-state index is 13.8. The molecule has 1 aromatic carbocycles. The molecule has 0 saturated carbocycles. The van der Waals surface area contributed by atoms with Crippen molar-refractivity contribution in [3.63, 3.8) is 0 Å². The lowest BCUT2D eigenvalue weighted by molar-refractivity contribution is 0.100. The van der Waals surface area contributed by atoms with Gasteiger partial charge in [0.1, 0.15) is 5.82 Å². The van der Waals surface area contributed by atoms with Crippen LogP contribution in [0.15, 0.2) is 30.3 Å². The number of aromatic nitrogens is 1. The number of pyridine rings is 1. The van der Waals surface area contributed by atoms with Gasteiger partial charge in [0, 0.05) is 11.3 Å². The van der Waals surface area contributed by atoms with E-state index >= 15 is 0 Å². The molecule has 0 saturated heterocycles. The molecule has 0 aliphatic heterocycles. The SMILES string of the molecule is Cc1ccc(F)c(-c2nc(C)ccc2C(N)=O)c1. The summed E-state index contributed by atoms with van der Waals surface area (Å²) in [7, 11) is 0. The highest BCUT2D eigenvalue weighted by atomic mass is 19.1. The van der Waals surface area contributed by atoms with Crippen molar-refractivity contribution >= 4 is 5.91 Å². The van der Waals surface area contributed by atoms with E-state index in [0.29, 0.717) is 17.0 Å². The number of aryl methyl sites for hydroxylation is 2. The summed E-state index contributed by atoms with van der Waals surface area (Å²) < 4.78 is 13.8. The van der Waals surface area contributed by atoms with E-state index in [9.17, 15) is 9.18 Å². The van der Waals surface area contributed by atoms with Crippen LogP contribution in [0.2, 0.25) is 0 Å². The monoisotopic (exact) mass is 244 g/mol. The smallest absolute Gasteiger partial charge is 0.250 e. The molecule has 92 valence electrons. The van der Waals surface area contributed by atoms with Crippen molar-refractivity contribution in [3.05, 3.63) is 53.0 Å². The van der Waals surface area contributed by atoms with Gasteiger partial charge in [-0.1, -0.05) is 11.6 Å². The third-order valence-electron chi connectivity index (χ3n) is 2.68. The van der Waals surface area contributed by atoms with Gasteiger partial charge >= 0.3 is 0 Å². The molecule has 0 spiro atoms. The largest absolute Gasteiger partial charge is 0.366 e. The third kappa shape index (κ3) is 2.22. The first-order valence-corrected chi connectivity index (χ1v) is 5.53. The lowest BCUT2D eigenvalue weighted by Crippen LogP contribution is -2.14. The van der Waals surface area contributed by atoms with Crippen molar-refractivity contribution in [1.82, 2.24) is 4.98 Å². The molecule has 0 radical (unpaired) electrons. The van der Waals surface area contributed by atoms with Crippen molar-refractivity contribution in [2.24, 2.45) is 5.73 Å². The standard InChI is InChI=1S/C14H13FN2O/c1-8-3-6-12(15)11(7-8)13-10(14(16)18)5-4-9(2)17-13/h3-7H,1-2H3,(H2,16,18). The highest BCUT2D eigenvalue weighted by Gasteiger charge is 2.15. The number of halogens is 1. The zero-order chi connectivity index (χ0) is 13.3. The summed E-state index contributed by atoms with van der Waals surface area (Å²) in [6.45, 7) is 3.63. The van der Waals surface area contributed by atoms with Crippen molar-refractivity contribution in [2.45, 2.75) is 13.8 Å². The number of rotatable bonds is 2. The van der Waals surface area contributed by atoms with Gasteiger partial charge in [0.15, 0.2) is 0 Å². The van der Waals surface area contributed by atoms with Gasteiger partial charge in [0.25, 0.3) is 5.91 Å². The quantitative estimate of drug-likeness (QED) is 0.882. The highest BCUT2D eigenvalue weighted by Crippen LogP contribution is 2.25. The molecule has 1 heterocycles. The summed E-state index contributed by atoms with van der Waals surface area (Å²) in [6, 6.07) is 7.93. The van der Waals surface area contributed by atoms with Crippen molar-refractivity contribution < 1.29 is 9.18 Å². The van der Waals surface area contributed by atoms with E-state index in [0.717, 1.165) is 5.56 Å². The number of amides is 1. The van der Waals surface area contributed by atoms with Gasteiger partial charge in [-0.2, -0.15) is 0 Å². The second kappa shape index (κ2) is 4.56. The lowest BCUT2D eigenvalue weighted by atomic mass is 10.0. The zero-order valence-electron chi connectivity index (χ0n) is 10.2. The summed E-state index contributed by atoms with van der Waals surface area (Å²) in [5.41, 5.74) is 7.71. The van der Waals surface area contributed by atoms with E-state index in [-0.39, 0.29) is 5.56 Å². The fourth-order valence-corrected chi connectivity index (χ4v) is 1.78. The number of hydrogen-bond acceptors (Lipinski definition) is 2. The Balaban J connectivity index is 2.73. The molecule has 0 aliphatic carbocycles. The number of primary amides is 1. The first kappa shape index (κ1) is 12.2. The van der Waals surface area contributed by atoms with Crippen LogP contribution in [0.1, 0.15) is 21.6 Å². The molecule has 2 rings (SSSR count). The van der Waals surface area contributed by atoms with Crippen LogP contribution in [0.25, 0.3) is 11.3 Å². The van der Waals surface area contributed by atoms with Crippen LogP contribution in [0.3, 0.4) is 0 Å².